The van der Waals surface area contributed by atoms with Gasteiger partial charge in [-0.3, -0.25) is 9.59 Å². The maximum atomic E-state index is 12.7. The van der Waals surface area contributed by atoms with Gasteiger partial charge in [-0.05, 0) is 31.6 Å². The summed E-state index contributed by atoms with van der Waals surface area (Å²) in [6.07, 6.45) is 1.36. The lowest BCUT2D eigenvalue weighted by atomic mass is 10.2. The van der Waals surface area contributed by atoms with Crippen molar-refractivity contribution >= 4 is 33.2 Å². The monoisotopic (exact) mass is 426 g/mol. The second-order valence-corrected chi connectivity index (χ2v) is 8.99. The molecule has 152 valence electrons. The van der Waals surface area contributed by atoms with E-state index < -0.39 is 27.2 Å². The van der Waals surface area contributed by atoms with Crippen LogP contribution in [-0.2, 0) is 24.2 Å². The number of ether oxygens (including phenoxy) is 1. The Balaban J connectivity index is 1.97. The largest absolute Gasteiger partial charge is 0.457 e. The summed E-state index contributed by atoms with van der Waals surface area (Å²) >= 11 is 5.37. The van der Waals surface area contributed by atoms with Crippen LogP contribution in [0.25, 0.3) is 0 Å². The standard InChI is InChI=1S/C19H23ClN2O5S/c1-3-16(28(25,26)17-6-4-13(2)5-7-17)12-22-21-11-14-8-15(9-18(14)23)27-19(24)10-20/h4-8,15-16H,3,9-12H2,1-2H3. The molecule has 1 aromatic carbocycles. The minimum absolute atomic E-state index is 0.0127. The summed E-state index contributed by atoms with van der Waals surface area (Å²) < 4.78 is 30.5. The van der Waals surface area contributed by atoms with E-state index in [0.717, 1.165) is 5.56 Å². The lowest BCUT2D eigenvalue weighted by Gasteiger charge is -2.13. The van der Waals surface area contributed by atoms with Crippen LogP contribution in [0.5, 0.6) is 0 Å². The SMILES string of the molecule is CCC(CN=NCC1=CC(OC(=O)CCl)CC1=O)S(=O)(=O)c1ccc(C)cc1. The minimum Gasteiger partial charge on any atom is -0.457 e. The van der Waals surface area contributed by atoms with Crippen LogP contribution in [0.2, 0.25) is 0 Å². The predicted molar refractivity (Wildman–Crippen MR) is 105 cm³/mol. The van der Waals surface area contributed by atoms with Gasteiger partial charge in [-0.1, -0.05) is 24.6 Å². The van der Waals surface area contributed by atoms with E-state index in [1.807, 2.05) is 6.92 Å². The molecule has 0 radical (unpaired) electrons. The molecule has 1 aliphatic carbocycles. The van der Waals surface area contributed by atoms with Gasteiger partial charge in [0.15, 0.2) is 15.6 Å². The molecule has 0 bridgehead atoms. The smallest absolute Gasteiger partial charge is 0.321 e. The van der Waals surface area contributed by atoms with E-state index in [-0.39, 0.29) is 36.1 Å². The number of aryl methyl sites for hydroxylation is 1. The molecule has 0 spiro atoms. The first-order valence-corrected chi connectivity index (χ1v) is 11.0. The highest BCUT2D eigenvalue weighted by Crippen LogP contribution is 2.21. The van der Waals surface area contributed by atoms with Crippen molar-refractivity contribution in [2.24, 2.45) is 10.2 Å². The van der Waals surface area contributed by atoms with Gasteiger partial charge in [0, 0.05) is 5.57 Å². The van der Waals surface area contributed by atoms with Crippen molar-refractivity contribution in [3.05, 3.63) is 41.5 Å². The van der Waals surface area contributed by atoms with Crippen LogP contribution in [0.3, 0.4) is 0 Å². The number of hydrogen-bond donors (Lipinski definition) is 0. The molecule has 28 heavy (non-hydrogen) atoms. The zero-order valence-corrected chi connectivity index (χ0v) is 17.4. The van der Waals surface area contributed by atoms with Gasteiger partial charge in [-0.2, -0.15) is 10.2 Å². The Hall–Kier alpha value is -2.06. The van der Waals surface area contributed by atoms with Crippen molar-refractivity contribution in [3.63, 3.8) is 0 Å². The molecule has 0 saturated heterocycles. The summed E-state index contributed by atoms with van der Waals surface area (Å²) in [6.45, 7) is 3.71. The molecule has 2 unspecified atom stereocenters. The van der Waals surface area contributed by atoms with Gasteiger partial charge in [0.05, 0.1) is 29.7 Å². The molecular weight excluding hydrogens is 404 g/mol. The molecule has 0 aliphatic heterocycles. The summed E-state index contributed by atoms with van der Waals surface area (Å²) in [6, 6.07) is 6.70. The molecule has 9 heteroatoms. The van der Waals surface area contributed by atoms with Crippen molar-refractivity contribution in [2.45, 2.75) is 42.9 Å². The average molecular weight is 427 g/mol. The number of Topliss-reactive ketones (excluding diaryl/α,β-unsaturated/α-hetero) is 1. The van der Waals surface area contributed by atoms with Gasteiger partial charge in [-0.25, -0.2) is 8.42 Å². The van der Waals surface area contributed by atoms with Crippen LogP contribution in [0.15, 0.2) is 51.0 Å². The van der Waals surface area contributed by atoms with Crippen molar-refractivity contribution in [2.75, 3.05) is 19.0 Å². The number of azo groups is 1. The normalized spacial score (nSPS) is 18.3. The maximum Gasteiger partial charge on any atom is 0.321 e. The van der Waals surface area contributed by atoms with Gasteiger partial charge >= 0.3 is 5.97 Å². The predicted octanol–water partition coefficient (Wildman–Crippen LogP) is 3.05. The third-order valence-electron chi connectivity index (χ3n) is 4.39. The van der Waals surface area contributed by atoms with Gasteiger partial charge in [-0.15, -0.1) is 11.6 Å². The highest BCUT2D eigenvalue weighted by atomic mass is 35.5. The van der Waals surface area contributed by atoms with Crippen LogP contribution < -0.4 is 0 Å². The third-order valence-corrected chi connectivity index (χ3v) is 6.90. The molecule has 0 fully saturated rings. The number of rotatable bonds is 9. The molecule has 2 rings (SSSR count). The number of benzene rings is 1. The van der Waals surface area contributed by atoms with Crippen molar-refractivity contribution in [1.82, 2.24) is 0 Å². The number of alkyl halides is 1. The summed E-state index contributed by atoms with van der Waals surface area (Å²) in [5.41, 5.74) is 1.38. The van der Waals surface area contributed by atoms with Gasteiger partial charge in [0.25, 0.3) is 0 Å². The minimum atomic E-state index is -3.51. The second kappa shape index (κ2) is 9.93. The Morgan fingerprint density at radius 1 is 1.29 bits per heavy atom. The molecule has 7 nitrogen and oxygen atoms in total. The van der Waals surface area contributed by atoms with E-state index in [2.05, 4.69) is 10.2 Å². The van der Waals surface area contributed by atoms with Crippen molar-refractivity contribution in [1.29, 1.82) is 0 Å². The number of nitrogens with zero attached hydrogens (tertiary/aromatic N) is 2. The number of carbonyl (C=O) groups excluding carboxylic acids is 2. The van der Waals surface area contributed by atoms with Crippen molar-refractivity contribution in [3.8, 4) is 0 Å². The molecule has 2 atom stereocenters. The first-order valence-electron chi connectivity index (χ1n) is 8.91. The molecule has 1 aromatic rings. The fourth-order valence-electron chi connectivity index (χ4n) is 2.75. The number of sulfone groups is 1. The molecule has 0 amide bonds. The van der Waals surface area contributed by atoms with Crippen LogP contribution in [-0.4, -0.2) is 50.5 Å². The molecule has 0 heterocycles. The molecular formula is C19H23ClN2O5S. The highest BCUT2D eigenvalue weighted by molar-refractivity contribution is 7.92. The third kappa shape index (κ3) is 5.72. The Labute approximate surface area is 169 Å². The van der Waals surface area contributed by atoms with Crippen LogP contribution in [0.1, 0.15) is 25.3 Å². The van der Waals surface area contributed by atoms with E-state index in [4.69, 9.17) is 16.3 Å². The van der Waals surface area contributed by atoms with Gasteiger partial charge in [0.1, 0.15) is 12.0 Å². The van der Waals surface area contributed by atoms with E-state index in [9.17, 15) is 18.0 Å². The first-order chi connectivity index (χ1) is 13.3. The fraction of sp³-hybridized carbons (Fsp3) is 0.474. The van der Waals surface area contributed by atoms with Crippen molar-refractivity contribution < 1.29 is 22.7 Å². The average Bonchev–Trinajstić information content (AvgIpc) is 3.00. The summed E-state index contributed by atoms with van der Waals surface area (Å²) in [5, 5.41) is 7.24. The Bertz CT molecular complexity index is 878. The van der Waals surface area contributed by atoms with Crippen LogP contribution in [0, 0.1) is 6.92 Å². The first kappa shape index (κ1) is 22.2. The Morgan fingerprint density at radius 2 is 1.96 bits per heavy atom. The zero-order chi connectivity index (χ0) is 20.7. The Kier molecular flexibility index (Phi) is 7.88. The number of hydrogen-bond acceptors (Lipinski definition) is 7. The van der Waals surface area contributed by atoms with Crippen LogP contribution >= 0.6 is 11.6 Å². The summed E-state index contributed by atoms with van der Waals surface area (Å²) in [4.78, 5) is 23.4. The van der Waals surface area contributed by atoms with E-state index >= 15 is 0 Å². The number of halogens is 1. The lowest BCUT2D eigenvalue weighted by molar-refractivity contribution is -0.144. The van der Waals surface area contributed by atoms with E-state index in [1.54, 1.807) is 31.2 Å². The topological polar surface area (TPSA) is 102 Å². The van der Waals surface area contributed by atoms with Gasteiger partial charge < -0.3 is 4.74 Å². The molecule has 0 aromatic heterocycles. The quantitative estimate of drug-likeness (QED) is 0.343. The zero-order valence-electron chi connectivity index (χ0n) is 15.8. The van der Waals surface area contributed by atoms with E-state index in [0.29, 0.717) is 12.0 Å². The van der Waals surface area contributed by atoms with Crippen LogP contribution in [0.4, 0.5) is 0 Å². The number of esters is 1. The molecule has 1 aliphatic rings. The van der Waals surface area contributed by atoms with Gasteiger partial charge in [0.2, 0.25) is 0 Å². The molecule has 0 N–H and O–H groups in total. The van der Waals surface area contributed by atoms with E-state index in [1.165, 1.54) is 6.08 Å². The Morgan fingerprint density at radius 3 is 2.57 bits per heavy atom. The summed E-state index contributed by atoms with van der Waals surface area (Å²) in [7, 11) is -3.51. The highest BCUT2D eigenvalue weighted by Gasteiger charge is 2.27. The molecule has 0 saturated carbocycles. The fourth-order valence-corrected chi connectivity index (χ4v) is 4.41. The lowest BCUT2D eigenvalue weighted by Crippen LogP contribution is -2.23. The second-order valence-electron chi connectivity index (χ2n) is 6.49. The maximum absolute atomic E-state index is 12.7. The number of carbonyl (C=O) groups is 2. The number of ketones is 1. The summed E-state index contributed by atoms with van der Waals surface area (Å²) in [5.74, 6) is -1.04.